The number of alkyl halides is 1. The molecule has 1 aliphatic rings. The highest BCUT2D eigenvalue weighted by molar-refractivity contribution is 6.21. The van der Waals surface area contributed by atoms with Gasteiger partial charge in [0.1, 0.15) is 5.82 Å². The molecule has 2 aromatic rings. The molecule has 0 radical (unpaired) electrons. The summed E-state index contributed by atoms with van der Waals surface area (Å²) < 4.78 is 13.6. The zero-order chi connectivity index (χ0) is 14.8. The smallest absolute Gasteiger partial charge is 0.225 e. The first-order chi connectivity index (χ1) is 10.1. The van der Waals surface area contributed by atoms with Gasteiger partial charge in [0.05, 0.1) is 17.8 Å². The Morgan fingerprint density at radius 3 is 2.71 bits per heavy atom. The van der Waals surface area contributed by atoms with Gasteiger partial charge in [0, 0.05) is 0 Å². The standard InChI is InChI=1S/C17H15ClFNO/c18-14-9-11-5-1-3-7-13(11)17(14)20-16(21)10-12-6-2-4-8-15(12)19/h1-8,14,17H,9-10H2,(H,20,21). The summed E-state index contributed by atoms with van der Waals surface area (Å²) in [7, 11) is 0. The van der Waals surface area contributed by atoms with Crippen LogP contribution in [-0.4, -0.2) is 11.3 Å². The van der Waals surface area contributed by atoms with Gasteiger partial charge in [-0.25, -0.2) is 4.39 Å². The van der Waals surface area contributed by atoms with Crippen molar-refractivity contribution in [1.82, 2.24) is 5.32 Å². The second-order valence-corrected chi connectivity index (χ2v) is 5.79. The molecule has 1 aliphatic carbocycles. The quantitative estimate of drug-likeness (QED) is 0.865. The summed E-state index contributed by atoms with van der Waals surface area (Å²) in [5.41, 5.74) is 2.61. The minimum absolute atomic E-state index is 0.0228. The van der Waals surface area contributed by atoms with Crippen molar-refractivity contribution in [3.05, 3.63) is 71.0 Å². The van der Waals surface area contributed by atoms with E-state index in [0.717, 1.165) is 17.5 Å². The first kappa shape index (κ1) is 14.1. The highest BCUT2D eigenvalue weighted by atomic mass is 35.5. The Hall–Kier alpha value is -1.87. The van der Waals surface area contributed by atoms with Crippen molar-refractivity contribution in [3.63, 3.8) is 0 Å². The Balaban J connectivity index is 1.72. The molecule has 0 bridgehead atoms. The van der Waals surface area contributed by atoms with E-state index in [1.165, 1.54) is 6.07 Å². The predicted octanol–water partition coefficient (Wildman–Crippen LogP) is 3.39. The van der Waals surface area contributed by atoms with Crippen molar-refractivity contribution in [3.8, 4) is 0 Å². The minimum Gasteiger partial charge on any atom is -0.347 e. The molecule has 0 saturated carbocycles. The molecule has 0 spiro atoms. The fourth-order valence-corrected chi connectivity index (χ4v) is 3.12. The molecular weight excluding hydrogens is 289 g/mol. The number of hydrogen-bond donors (Lipinski definition) is 1. The lowest BCUT2D eigenvalue weighted by molar-refractivity contribution is -0.121. The van der Waals surface area contributed by atoms with Crippen molar-refractivity contribution in [2.24, 2.45) is 0 Å². The summed E-state index contributed by atoms with van der Waals surface area (Å²) in [6.45, 7) is 0. The molecule has 2 aromatic carbocycles. The molecular formula is C17H15ClFNO. The fraction of sp³-hybridized carbons (Fsp3) is 0.235. The molecule has 2 atom stereocenters. The molecule has 0 aliphatic heterocycles. The Kier molecular flexibility index (Phi) is 3.93. The maximum atomic E-state index is 13.6. The van der Waals surface area contributed by atoms with Crippen molar-refractivity contribution in [1.29, 1.82) is 0 Å². The van der Waals surface area contributed by atoms with Crippen molar-refractivity contribution >= 4 is 17.5 Å². The molecule has 3 rings (SSSR count). The van der Waals surface area contributed by atoms with E-state index in [1.54, 1.807) is 18.2 Å². The molecule has 0 fully saturated rings. The van der Waals surface area contributed by atoms with Crippen LogP contribution in [0.3, 0.4) is 0 Å². The van der Waals surface area contributed by atoms with Gasteiger partial charge < -0.3 is 5.32 Å². The molecule has 4 heteroatoms. The average Bonchev–Trinajstić information content (AvgIpc) is 2.78. The van der Waals surface area contributed by atoms with E-state index in [2.05, 4.69) is 5.32 Å². The van der Waals surface area contributed by atoms with Gasteiger partial charge in [-0.05, 0) is 29.2 Å². The van der Waals surface area contributed by atoms with Crippen LogP contribution in [0.25, 0.3) is 0 Å². The monoisotopic (exact) mass is 303 g/mol. The predicted molar refractivity (Wildman–Crippen MR) is 80.8 cm³/mol. The number of rotatable bonds is 3. The molecule has 21 heavy (non-hydrogen) atoms. The second kappa shape index (κ2) is 5.86. The number of carbonyl (C=O) groups excluding carboxylic acids is 1. The van der Waals surface area contributed by atoms with Gasteiger partial charge in [0.15, 0.2) is 0 Å². The highest BCUT2D eigenvalue weighted by Crippen LogP contribution is 2.34. The number of nitrogens with one attached hydrogen (secondary N) is 1. The topological polar surface area (TPSA) is 29.1 Å². The van der Waals surface area contributed by atoms with E-state index in [-0.39, 0.29) is 29.6 Å². The van der Waals surface area contributed by atoms with E-state index in [1.807, 2.05) is 24.3 Å². The average molecular weight is 304 g/mol. The lowest BCUT2D eigenvalue weighted by Gasteiger charge is -2.17. The van der Waals surface area contributed by atoms with Gasteiger partial charge >= 0.3 is 0 Å². The van der Waals surface area contributed by atoms with E-state index < -0.39 is 0 Å². The zero-order valence-corrected chi connectivity index (χ0v) is 12.1. The Morgan fingerprint density at radius 1 is 1.19 bits per heavy atom. The Labute approximate surface area is 127 Å². The second-order valence-electron chi connectivity index (χ2n) is 5.23. The molecule has 108 valence electrons. The third-order valence-corrected chi connectivity index (χ3v) is 4.20. The number of fused-ring (bicyclic) bond motifs is 1. The summed E-state index contributed by atoms with van der Waals surface area (Å²) in [5.74, 6) is -0.575. The zero-order valence-electron chi connectivity index (χ0n) is 11.4. The summed E-state index contributed by atoms with van der Waals surface area (Å²) >= 11 is 6.33. The molecule has 0 heterocycles. The van der Waals surface area contributed by atoms with Gasteiger partial charge in [-0.1, -0.05) is 42.5 Å². The van der Waals surface area contributed by atoms with E-state index in [9.17, 15) is 9.18 Å². The molecule has 2 unspecified atom stereocenters. The number of carbonyl (C=O) groups is 1. The van der Waals surface area contributed by atoms with E-state index >= 15 is 0 Å². The SMILES string of the molecule is O=C(Cc1ccccc1F)NC1c2ccccc2CC1Cl. The van der Waals surface area contributed by atoms with Gasteiger partial charge in [-0.3, -0.25) is 4.79 Å². The van der Waals surface area contributed by atoms with Crippen LogP contribution in [0.4, 0.5) is 4.39 Å². The van der Waals surface area contributed by atoms with Crippen LogP contribution in [0.1, 0.15) is 22.7 Å². The third-order valence-electron chi connectivity index (χ3n) is 3.79. The van der Waals surface area contributed by atoms with Crippen molar-refractivity contribution in [2.45, 2.75) is 24.3 Å². The Morgan fingerprint density at radius 2 is 1.90 bits per heavy atom. The van der Waals surface area contributed by atoms with Crippen LogP contribution >= 0.6 is 11.6 Å². The van der Waals surface area contributed by atoms with E-state index in [4.69, 9.17) is 11.6 Å². The number of amides is 1. The summed E-state index contributed by atoms with van der Waals surface area (Å²) in [6.07, 6.45) is 0.761. The van der Waals surface area contributed by atoms with Crippen LogP contribution < -0.4 is 5.32 Å². The Bertz CT molecular complexity index is 673. The van der Waals surface area contributed by atoms with Gasteiger partial charge in [-0.15, -0.1) is 11.6 Å². The summed E-state index contributed by atoms with van der Waals surface area (Å²) in [4.78, 5) is 12.1. The van der Waals surface area contributed by atoms with E-state index in [0.29, 0.717) is 5.56 Å². The van der Waals surface area contributed by atoms with Gasteiger partial charge in [0.2, 0.25) is 5.91 Å². The number of halogens is 2. The molecule has 1 amide bonds. The highest BCUT2D eigenvalue weighted by Gasteiger charge is 2.31. The van der Waals surface area contributed by atoms with Crippen LogP contribution in [0.15, 0.2) is 48.5 Å². The first-order valence-electron chi connectivity index (χ1n) is 6.90. The van der Waals surface area contributed by atoms with Crippen LogP contribution in [0.5, 0.6) is 0 Å². The molecule has 0 saturated heterocycles. The summed E-state index contributed by atoms with van der Waals surface area (Å²) in [5, 5.41) is 2.76. The largest absolute Gasteiger partial charge is 0.347 e. The summed E-state index contributed by atoms with van der Waals surface area (Å²) in [6, 6.07) is 14.0. The van der Waals surface area contributed by atoms with Crippen LogP contribution in [-0.2, 0) is 17.6 Å². The maximum Gasteiger partial charge on any atom is 0.225 e. The molecule has 2 nitrogen and oxygen atoms in total. The van der Waals surface area contributed by atoms with Gasteiger partial charge in [0.25, 0.3) is 0 Å². The lowest BCUT2D eigenvalue weighted by atomic mass is 10.1. The first-order valence-corrected chi connectivity index (χ1v) is 7.33. The van der Waals surface area contributed by atoms with Crippen molar-refractivity contribution in [2.75, 3.05) is 0 Å². The normalized spacial score (nSPS) is 20.1. The lowest BCUT2D eigenvalue weighted by Crippen LogP contribution is -2.33. The molecule has 1 N–H and O–H groups in total. The maximum absolute atomic E-state index is 13.6. The third kappa shape index (κ3) is 2.93. The molecule has 0 aromatic heterocycles. The minimum atomic E-state index is -0.359. The number of hydrogen-bond acceptors (Lipinski definition) is 1. The van der Waals surface area contributed by atoms with Crippen LogP contribution in [0.2, 0.25) is 0 Å². The fourth-order valence-electron chi connectivity index (χ4n) is 2.75. The van der Waals surface area contributed by atoms with Gasteiger partial charge in [-0.2, -0.15) is 0 Å². The van der Waals surface area contributed by atoms with Crippen molar-refractivity contribution < 1.29 is 9.18 Å². The number of benzene rings is 2. The van der Waals surface area contributed by atoms with Crippen LogP contribution in [0, 0.1) is 5.82 Å².